The fourth-order valence-electron chi connectivity index (χ4n) is 5.45. The first-order chi connectivity index (χ1) is 18.0. The largest absolute Gasteiger partial charge is 0.362 e. The third-order valence-electron chi connectivity index (χ3n) is 7.46. The average molecular weight is 596 g/mol. The third kappa shape index (κ3) is 5.83. The SMILES string of the molecule is CC(C)(C)c1ccnc([C@H]2CC[C@@H]3CN(c4nc(Br)ccc4C(=O)NSc4cccc(n4)N2)C(C)(C)C3)c1. The molecule has 1 fully saturated rings. The Morgan fingerprint density at radius 1 is 1.11 bits per heavy atom. The molecule has 0 aliphatic carbocycles. The second-order valence-corrected chi connectivity index (χ2v) is 13.5. The van der Waals surface area contributed by atoms with E-state index in [1.54, 1.807) is 0 Å². The number of anilines is 2. The van der Waals surface area contributed by atoms with Gasteiger partial charge in [-0.05, 0) is 102 Å². The summed E-state index contributed by atoms with van der Waals surface area (Å²) in [6.07, 6.45) is 4.88. The first-order valence-corrected chi connectivity index (χ1v) is 14.7. The van der Waals surface area contributed by atoms with Gasteiger partial charge in [-0.2, -0.15) is 0 Å². The summed E-state index contributed by atoms with van der Waals surface area (Å²) in [5, 5.41) is 4.38. The zero-order chi connectivity index (χ0) is 27.1. The highest BCUT2D eigenvalue weighted by Gasteiger charge is 2.41. The van der Waals surface area contributed by atoms with E-state index in [4.69, 9.17) is 15.0 Å². The van der Waals surface area contributed by atoms with Crippen molar-refractivity contribution in [1.29, 1.82) is 0 Å². The Balaban J connectivity index is 1.54. The van der Waals surface area contributed by atoms with Crippen LogP contribution in [0.2, 0.25) is 0 Å². The van der Waals surface area contributed by atoms with E-state index >= 15 is 0 Å². The first-order valence-electron chi connectivity index (χ1n) is 13.1. The molecule has 5 heterocycles. The number of hydrogen-bond acceptors (Lipinski definition) is 7. The number of hydrogen-bond donors (Lipinski definition) is 2. The molecular formula is C29H35BrN6OS. The highest BCUT2D eigenvalue weighted by Crippen LogP contribution is 2.41. The van der Waals surface area contributed by atoms with Crippen LogP contribution < -0.4 is 14.9 Å². The number of fused-ring (bicyclic) bond motifs is 6. The molecule has 0 unspecified atom stereocenters. The molecule has 0 saturated carbocycles. The van der Waals surface area contributed by atoms with Gasteiger partial charge in [0.15, 0.2) is 0 Å². The fraction of sp³-hybridized carbons (Fsp3) is 0.448. The van der Waals surface area contributed by atoms with E-state index < -0.39 is 0 Å². The summed E-state index contributed by atoms with van der Waals surface area (Å²) in [5.41, 5.74) is 2.77. The monoisotopic (exact) mass is 594 g/mol. The Labute approximate surface area is 237 Å². The van der Waals surface area contributed by atoms with Crippen LogP contribution in [0, 0.1) is 5.92 Å². The van der Waals surface area contributed by atoms with E-state index in [1.807, 2.05) is 36.5 Å². The van der Waals surface area contributed by atoms with Crippen LogP contribution in [-0.2, 0) is 5.41 Å². The first kappa shape index (κ1) is 26.9. The molecule has 1 saturated heterocycles. The summed E-state index contributed by atoms with van der Waals surface area (Å²) >= 11 is 4.74. The van der Waals surface area contributed by atoms with Gasteiger partial charge in [-0.1, -0.05) is 26.8 Å². The molecule has 5 rings (SSSR count). The molecule has 2 atom stereocenters. The van der Waals surface area contributed by atoms with Crippen LogP contribution in [0.1, 0.15) is 81.5 Å². The number of amides is 1. The molecule has 3 aromatic heterocycles. The van der Waals surface area contributed by atoms with E-state index in [-0.39, 0.29) is 22.9 Å². The number of carbonyl (C=O) groups is 1. The molecule has 3 aromatic rings. The molecule has 9 heteroatoms. The van der Waals surface area contributed by atoms with Crippen LogP contribution in [0.5, 0.6) is 0 Å². The van der Waals surface area contributed by atoms with Gasteiger partial charge in [0.2, 0.25) is 0 Å². The maximum absolute atomic E-state index is 13.3. The van der Waals surface area contributed by atoms with Crippen molar-refractivity contribution in [3.63, 3.8) is 0 Å². The lowest BCUT2D eigenvalue weighted by Crippen LogP contribution is -2.40. The Bertz CT molecular complexity index is 1340. The number of nitrogens with zero attached hydrogens (tertiary/aromatic N) is 4. The average Bonchev–Trinajstić information content (AvgIpc) is 3.18. The van der Waals surface area contributed by atoms with Crippen LogP contribution in [0.15, 0.2) is 58.3 Å². The van der Waals surface area contributed by atoms with E-state index in [9.17, 15) is 4.79 Å². The molecule has 2 aliphatic rings. The normalized spacial score (nSPS) is 21.5. The van der Waals surface area contributed by atoms with Gasteiger partial charge in [-0.25, -0.2) is 9.97 Å². The molecule has 0 aromatic carbocycles. The molecule has 7 nitrogen and oxygen atoms in total. The van der Waals surface area contributed by atoms with Crippen LogP contribution in [0.3, 0.4) is 0 Å². The summed E-state index contributed by atoms with van der Waals surface area (Å²) in [7, 11) is 0. The number of carbonyl (C=O) groups excluding carboxylic acids is 1. The van der Waals surface area contributed by atoms with Crippen molar-refractivity contribution < 1.29 is 4.79 Å². The van der Waals surface area contributed by atoms with Crippen molar-refractivity contribution in [1.82, 2.24) is 19.7 Å². The van der Waals surface area contributed by atoms with Gasteiger partial charge < -0.3 is 10.2 Å². The van der Waals surface area contributed by atoms with Crippen molar-refractivity contribution in [3.05, 3.63) is 70.1 Å². The third-order valence-corrected chi connectivity index (χ3v) is 8.63. The van der Waals surface area contributed by atoms with Crippen LogP contribution in [-0.4, -0.2) is 32.9 Å². The molecule has 0 spiro atoms. The highest BCUT2D eigenvalue weighted by atomic mass is 79.9. The van der Waals surface area contributed by atoms with Crippen molar-refractivity contribution >= 4 is 45.4 Å². The predicted molar refractivity (Wildman–Crippen MR) is 158 cm³/mol. The zero-order valence-corrected chi connectivity index (χ0v) is 25.0. The Hall–Kier alpha value is -2.65. The van der Waals surface area contributed by atoms with Crippen molar-refractivity contribution in [2.45, 2.75) is 75.9 Å². The molecule has 1 amide bonds. The van der Waals surface area contributed by atoms with Crippen LogP contribution >= 0.6 is 27.9 Å². The number of rotatable bonds is 1. The van der Waals surface area contributed by atoms with Crippen LogP contribution in [0.4, 0.5) is 11.6 Å². The van der Waals surface area contributed by atoms with Gasteiger partial charge in [-0.15, -0.1) is 0 Å². The summed E-state index contributed by atoms with van der Waals surface area (Å²) in [6.45, 7) is 12.0. The number of halogens is 1. The maximum atomic E-state index is 13.3. The quantitative estimate of drug-likeness (QED) is 0.233. The topological polar surface area (TPSA) is 83.0 Å². The van der Waals surface area contributed by atoms with Gasteiger partial charge in [0.25, 0.3) is 5.91 Å². The Morgan fingerprint density at radius 2 is 1.92 bits per heavy atom. The summed E-state index contributed by atoms with van der Waals surface area (Å²) in [6, 6.07) is 13.9. The minimum absolute atomic E-state index is 0.0153. The molecular weight excluding hydrogens is 560 g/mol. The predicted octanol–water partition coefficient (Wildman–Crippen LogP) is 6.92. The summed E-state index contributed by atoms with van der Waals surface area (Å²) < 4.78 is 3.70. The maximum Gasteiger partial charge on any atom is 0.265 e. The van der Waals surface area contributed by atoms with Gasteiger partial charge in [0, 0.05) is 30.2 Å². The molecule has 0 radical (unpaired) electrons. The lowest BCUT2D eigenvalue weighted by molar-refractivity contribution is 0.0984. The smallest absolute Gasteiger partial charge is 0.265 e. The highest BCUT2D eigenvalue weighted by molar-refractivity contribution is 9.10. The van der Waals surface area contributed by atoms with Gasteiger partial charge in [-0.3, -0.25) is 14.5 Å². The van der Waals surface area contributed by atoms with Gasteiger partial charge in [0.05, 0.1) is 17.3 Å². The van der Waals surface area contributed by atoms with Gasteiger partial charge in [0.1, 0.15) is 21.3 Å². The molecule has 2 aliphatic heterocycles. The van der Waals surface area contributed by atoms with E-state index in [0.717, 1.165) is 47.7 Å². The fourth-order valence-corrected chi connectivity index (χ4v) is 6.35. The van der Waals surface area contributed by atoms with Crippen molar-refractivity contribution in [3.8, 4) is 0 Å². The standard InChI is InChI=1S/C29H35BrN6OS/c1-28(2,3)19-13-14-31-22(15-19)21-11-9-18-16-29(4,5)36(17-18)26-20(10-12-23(30)33-26)27(37)35-38-25-8-6-7-24(32-21)34-25/h6-8,10,12-15,18,21H,9,11,16-17H2,1-5H3,(H,32,34)(H,35,37)/t18-,21+/m0/s1. The van der Waals surface area contributed by atoms with E-state index in [2.05, 4.69) is 77.6 Å². The van der Waals surface area contributed by atoms with Crippen molar-refractivity contribution in [2.24, 2.45) is 5.92 Å². The second kappa shape index (κ2) is 10.5. The van der Waals surface area contributed by atoms with E-state index in [0.29, 0.717) is 16.5 Å². The van der Waals surface area contributed by atoms with Crippen molar-refractivity contribution in [2.75, 3.05) is 16.8 Å². The minimum atomic E-state index is -0.180. The van der Waals surface area contributed by atoms with E-state index in [1.165, 1.54) is 17.5 Å². The van der Waals surface area contributed by atoms with Crippen LogP contribution in [0.25, 0.3) is 0 Å². The molecule has 38 heavy (non-hydrogen) atoms. The lowest BCUT2D eigenvalue weighted by Gasteiger charge is -2.33. The summed E-state index contributed by atoms with van der Waals surface area (Å²) in [5.74, 6) is 1.76. The Morgan fingerprint density at radius 3 is 2.71 bits per heavy atom. The minimum Gasteiger partial charge on any atom is -0.362 e. The molecule has 4 bridgehead atoms. The number of nitrogens with one attached hydrogen (secondary N) is 2. The van der Waals surface area contributed by atoms with Gasteiger partial charge >= 0.3 is 0 Å². The zero-order valence-electron chi connectivity index (χ0n) is 22.6. The lowest BCUT2D eigenvalue weighted by atomic mass is 9.86. The Kier molecular flexibility index (Phi) is 7.44. The summed E-state index contributed by atoms with van der Waals surface area (Å²) in [4.78, 5) is 30.0. The number of pyridine rings is 3. The molecule has 200 valence electrons. The second-order valence-electron chi connectivity index (χ2n) is 11.9. The number of aromatic nitrogens is 3. The molecule has 2 N–H and O–H groups in total.